The molecule has 0 N–H and O–H groups in total. The second-order valence-electron chi connectivity index (χ2n) is 5.90. The first kappa shape index (κ1) is 16.4. The molecule has 0 radical (unpaired) electrons. The molecule has 3 nitrogen and oxygen atoms in total. The van der Waals surface area contributed by atoms with Crippen molar-refractivity contribution >= 4 is 38.3 Å². The molecule has 0 bridgehead atoms. The lowest BCUT2D eigenvalue weighted by Gasteiger charge is -2.21. The molecule has 4 aromatic rings. The largest absolute Gasteiger partial charge is 0.268 e. The number of thiazole rings is 1. The summed E-state index contributed by atoms with van der Waals surface area (Å²) >= 11 is 1.43. The molecule has 4 rings (SSSR count). The standard InChI is InChI=1S/C21H15FN2OS/c1-14-6-2-3-7-17(14)20(25)24(16-12-10-15(22)11-13-16)21-23-18-8-4-5-9-19(18)26-21/h2-13H,1H3. The van der Waals surface area contributed by atoms with Gasteiger partial charge in [0.2, 0.25) is 0 Å². The lowest BCUT2D eigenvalue weighted by atomic mass is 10.1. The molecule has 1 aromatic heterocycles. The fourth-order valence-corrected chi connectivity index (χ4v) is 3.78. The van der Waals surface area contributed by atoms with Gasteiger partial charge in [-0.3, -0.25) is 9.69 Å². The van der Waals surface area contributed by atoms with Crippen molar-refractivity contribution in [3.63, 3.8) is 0 Å². The Bertz CT molecular complexity index is 1060. The van der Waals surface area contributed by atoms with E-state index in [-0.39, 0.29) is 11.7 Å². The summed E-state index contributed by atoms with van der Waals surface area (Å²) in [5.41, 5.74) is 2.89. The number of carbonyl (C=O) groups is 1. The van der Waals surface area contributed by atoms with Crippen LogP contribution < -0.4 is 4.90 Å². The maximum absolute atomic E-state index is 13.4. The maximum Gasteiger partial charge on any atom is 0.264 e. The summed E-state index contributed by atoms with van der Waals surface area (Å²) in [7, 11) is 0. The predicted molar refractivity (Wildman–Crippen MR) is 104 cm³/mol. The van der Waals surface area contributed by atoms with Crippen LogP contribution in [0.15, 0.2) is 72.8 Å². The smallest absolute Gasteiger partial charge is 0.264 e. The number of anilines is 2. The zero-order valence-corrected chi connectivity index (χ0v) is 14.8. The van der Waals surface area contributed by atoms with Gasteiger partial charge in [0, 0.05) is 5.56 Å². The Kier molecular flexibility index (Phi) is 4.22. The normalized spacial score (nSPS) is 10.8. The first-order valence-corrected chi connectivity index (χ1v) is 8.96. The van der Waals surface area contributed by atoms with E-state index in [1.807, 2.05) is 49.4 Å². The molecule has 128 valence electrons. The van der Waals surface area contributed by atoms with Crippen LogP contribution in [0.4, 0.5) is 15.2 Å². The van der Waals surface area contributed by atoms with Gasteiger partial charge in [0.05, 0.1) is 15.9 Å². The monoisotopic (exact) mass is 362 g/mol. The Hall–Kier alpha value is -3.05. The highest BCUT2D eigenvalue weighted by Crippen LogP contribution is 2.35. The minimum Gasteiger partial charge on any atom is -0.268 e. The van der Waals surface area contributed by atoms with Crippen molar-refractivity contribution in [3.05, 3.63) is 89.7 Å². The predicted octanol–water partition coefficient (Wildman–Crippen LogP) is 5.72. The van der Waals surface area contributed by atoms with E-state index in [9.17, 15) is 9.18 Å². The van der Waals surface area contributed by atoms with Gasteiger partial charge in [-0.1, -0.05) is 41.7 Å². The topological polar surface area (TPSA) is 33.2 Å². The van der Waals surface area contributed by atoms with E-state index < -0.39 is 0 Å². The van der Waals surface area contributed by atoms with E-state index in [1.165, 1.54) is 23.5 Å². The average Bonchev–Trinajstić information content (AvgIpc) is 3.07. The van der Waals surface area contributed by atoms with E-state index in [2.05, 4.69) is 4.98 Å². The molecule has 0 saturated heterocycles. The summed E-state index contributed by atoms with van der Waals surface area (Å²) in [6.07, 6.45) is 0. The van der Waals surface area contributed by atoms with Gasteiger partial charge in [0.15, 0.2) is 5.13 Å². The van der Waals surface area contributed by atoms with Crippen LogP contribution in [-0.4, -0.2) is 10.9 Å². The third-order valence-corrected chi connectivity index (χ3v) is 5.16. The molecule has 0 spiro atoms. The minimum absolute atomic E-state index is 0.186. The number of carbonyl (C=O) groups excluding carboxylic acids is 1. The van der Waals surface area contributed by atoms with Crippen molar-refractivity contribution in [2.75, 3.05) is 4.90 Å². The molecule has 0 saturated carbocycles. The molecule has 3 aromatic carbocycles. The van der Waals surface area contributed by atoms with E-state index in [1.54, 1.807) is 23.1 Å². The van der Waals surface area contributed by atoms with Crippen LogP contribution in [0.25, 0.3) is 10.2 Å². The molecule has 5 heteroatoms. The number of halogens is 1. The van der Waals surface area contributed by atoms with Crippen LogP contribution >= 0.6 is 11.3 Å². The highest BCUT2D eigenvalue weighted by atomic mass is 32.1. The molecular formula is C21H15FN2OS. The number of aromatic nitrogens is 1. The second kappa shape index (κ2) is 6.69. The fraction of sp³-hybridized carbons (Fsp3) is 0.0476. The van der Waals surface area contributed by atoms with Gasteiger partial charge in [-0.05, 0) is 55.0 Å². The average molecular weight is 362 g/mol. The van der Waals surface area contributed by atoms with Crippen LogP contribution in [0.2, 0.25) is 0 Å². The minimum atomic E-state index is -0.346. The van der Waals surface area contributed by atoms with E-state index in [4.69, 9.17) is 0 Å². The molecule has 0 aliphatic carbocycles. The summed E-state index contributed by atoms with van der Waals surface area (Å²) in [6, 6.07) is 21.0. The lowest BCUT2D eigenvalue weighted by molar-refractivity contribution is 0.0998. The van der Waals surface area contributed by atoms with Gasteiger partial charge in [0.25, 0.3) is 5.91 Å². The van der Waals surface area contributed by atoms with Crippen molar-refractivity contribution in [1.82, 2.24) is 4.98 Å². The van der Waals surface area contributed by atoms with Gasteiger partial charge >= 0.3 is 0 Å². The Balaban J connectivity index is 1.88. The molecule has 0 unspecified atom stereocenters. The van der Waals surface area contributed by atoms with E-state index in [0.29, 0.717) is 16.4 Å². The molecule has 1 heterocycles. The molecule has 0 fully saturated rings. The number of hydrogen-bond acceptors (Lipinski definition) is 3. The van der Waals surface area contributed by atoms with Gasteiger partial charge in [-0.25, -0.2) is 9.37 Å². The highest BCUT2D eigenvalue weighted by molar-refractivity contribution is 7.22. The quantitative estimate of drug-likeness (QED) is 0.467. The fourth-order valence-electron chi connectivity index (χ4n) is 2.79. The first-order chi connectivity index (χ1) is 12.6. The molecule has 1 amide bonds. The summed E-state index contributed by atoms with van der Waals surface area (Å²) in [5, 5.41) is 0.561. The number of hydrogen-bond donors (Lipinski definition) is 0. The van der Waals surface area contributed by atoms with Crippen molar-refractivity contribution in [2.24, 2.45) is 0 Å². The van der Waals surface area contributed by atoms with Crippen molar-refractivity contribution < 1.29 is 9.18 Å². The number of benzene rings is 3. The molecule has 0 aliphatic heterocycles. The highest BCUT2D eigenvalue weighted by Gasteiger charge is 2.24. The van der Waals surface area contributed by atoms with Crippen molar-refractivity contribution in [2.45, 2.75) is 6.92 Å². The van der Waals surface area contributed by atoms with Crippen molar-refractivity contribution in [3.8, 4) is 0 Å². The van der Waals surface area contributed by atoms with Crippen LogP contribution in [0.3, 0.4) is 0 Å². The van der Waals surface area contributed by atoms with E-state index >= 15 is 0 Å². The van der Waals surface area contributed by atoms with Crippen LogP contribution in [-0.2, 0) is 0 Å². The number of aryl methyl sites for hydroxylation is 1. The third-order valence-electron chi connectivity index (χ3n) is 4.14. The van der Waals surface area contributed by atoms with Crippen LogP contribution in [0.5, 0.6) is 0 Å². The summed E-state index contributed by atoms with van der Waals surface area (Å²) in [6.45, 7) is 1.90. The van der Waals surface area contributed by atoms with Gasteiger partial charge in [-0.2, -0.15) is 0 Å². The zero-order chi connectivity index (χ0) is 18.1. The molecular weight excluding hydrogens is 347 g/mol. The Morgan fingerprint density at radius 2 is 1.65 bits per heavy atom. The molecule has 26 heavy (non-hydrogen) atoms. The van der Waals surface area contributed by atoms with Crippen LogP contribution in [0.1, 0.15) is 15.9 Å². The Morgan fingerprint density at radius 3 is 2.38 bits per heavy atom. The number of nitrogens with zero attached hydrogens (tertiary/aromatic N) is 2. The SMILES string of the molecule is Cc1ccccc1C(=O)N(c1ccc(F)cc1)c1nc2ccccc2s1. The summed E-state index contributed by atoms with van der Waals surface area (Å²) in [5.74, 6) is -0.532. The molecule has 0 aliphatic rings. The van der Waals surface area contributed by atoms with Gasteiger partial charge in [-0.15, -0.1) is 0 Å². The van der Waals surface area contributed by atoms with Crippen molar-refractivity contribution in [1.29, 1.82) is 0 Å². The first-order valence-electron chi connectivity index (χ1n) is 8.15. The van der Waals surface area contributed by atoms with Gasteiger partial charge in [0.1, 0.15) is 5.82 Å². The Morgan fingerprint density at radius 1 is 0.962 bits per heavy atom. The maximum atomic E-state index is 13.4. The summed E-state index contributed by atoms with van der Waals surface area (Å²) < 4.78 is 14.4. The molecule has 0 atom stereocenters. The van der Waals surface area contributed by atoms with Gasteiger partial charge < -0.3 is 0 Å². The number of amides is 1. The van der Waals surface area contributed by atoms with Crippen LogP contribution in [0, 0.1) is 12.7 Å². The second-order valence-corrected chi connectivity index (χ2v) is 6.91. The number of rotatable bonds is 3. The lowest BCUT2D eigenvalue weighted by Crippen LogP contribution is -2.26. The third kappa shape index (κ3) is 2.97. The Labute approximate surface area is 154 Å². The number of para-hydroxylation sites is 1. The number of fused-ring (bicyclic) bond motifs is 1. The van der Waals surface area contributed by atoms with E-state index in [0.717, 1.165) is 15.8 Å². The summed E-state index contributed by atoms with van der Waals surface area (Å²) in [4.78, 5) is 19.5. The zero-order valence-electron chi connectivity index (χ0n) is 14.0.